The van der Waals surface area contributed by atoms with Gasteiger partial charge in [-0.3, -0.25) is 10.2 Å². The first-order valence-electron chi connectivity index (χ1n) is 7.31. The van der Waals surface area contributed by atoms with E-state index in [0.29, 0.717) is 30.0 Å². The van der Waals surface area contributed by atoms with Crippen LogP contribution in [0, 0.1) is 0 Å². The number of carbonyl (C=O) groups is 2. The second kappa shape index (κ2) is 6.13. The highest BCUT2D eigenvalue weighted by molar-refractivity contribution is 6.06. The van der Waals surface area contributed by atoms with Crippen LogP contribution in [0.3, 0.4) is 0 Å². The molecular formula is C14H18N6O3. The third-order valence-corrected chi connectivity index (χ3v) is 4.00. The van der Waals surface area contributed by atoms with E-state index in [9.17, 15) is 9.59 Å². The highest BCUT2D eigenvalue weighted by atomic mass is 16.4. The lowest BCUT2D eigenvalue weighted by Gasteiger charge is -2.32. The van der Waals surface area contributed by atoms with Crippen molar-refractivity contribution in [2.45, 2.75) is 18.9 Å². The Hall–Kier alpha value is -2.81. The van der Waals surface area contributed by atoms with E-state index in [1.165, 1.54) is 11.1 Å². The van der Waals surface area contributed by atoms with Gasteiger partial charge in [0, 0.05) is 36.9 Å². The summed E-state index contributed by atoms with van der Waals surface area (Å²) in [5, 5.41) is 13.2. The Balaban J connectivity index is 1.93. The van der Waals surface area contributed by atoms with Crippen molar-refractivity contribution in [3.05, 3.63) is 24.0 Å². The first kappa shape index (κ1) is 15.1. The molecule has 1 unspecified atom stereocenters. The summed E-state index contributed by atoms with van der Waals surface area (Å²) in [4.78, 5) is 31.7. The maximum absolute atomic E-state index is 12.0. The lowest BCUT2D eigenvalue weighted by atomic mass is 10.0. The Morgan fingerprint density at radius 2 is 2.30 bits per heavy atom. The highest BCUT2D eigenvalue weighted by Crippen LogP contribution is 2.27. The summed E-state index contributed by atoms with van der Waals surface area (Å²) in [7, 11) is 0. The van der Waals surface area contributed by atoms with Crippen LogP contribution in [0.25, 0.3) is 11.0 Å². The number of nitrogens with two attached hydrogens (primary N) is 1. The van der Waals surface area contributed by atoms with Crippen molar-refractivity contribution in [2.75, 3.05) is 18.4 Å². The van der Waals surface area contributed by atoms with Crippen LogP contribution in [0.5, 0.6) is 0 Å². The van der Waals surface area contributed by atoms with Crippen molar-refractivity contribution in [1.82, 2.24) is 20.3 Å². The number of fused-ring (bicyclic) bond motifs is 1. The molecule has 0 aliphatic carbocycles. The number of carbonyl (C=O) groups excluding carboxylic acids is 1. The van der Waals surface area contributed by atoms with Gasteiger partial charge in [0.25, 0.3) is 5.91 Å². The average Bonchev–Trinajstić information content (AvgIpc) is 3.03. The molecule has 9 nitrogen and oxygen atoms in total. The van der Waals surface area contributed by atoms with E-state index in [0.717, 1.165) is 18.2 Å². The zero-order chi connectivity index (χ0) is 16.4. The molecule has 1 aliphatic heterocycles. The average molecular weight is 318 g/mol. The van der Waals surface area contributed by atoms with Gasteiger partial charge in [0.05, 0.1) is 11.3 Å². The minimum Gasteiger partial charge on any atom is -0.465 e. The smallest absolute Gasteiger partial charge is 0.407 e. The molecule has 0 radical (unpaired) electrons. The quantitative estimate of drug-likeness (QED) is 0.321. The number of rotatable bonds is 3. The van der Waals surface area contributed by atoms with E-state index >= 15 is 0 Å². The van der Waals surface area contributed by atoms with Crippen molar-refractivity contribution < 1.29 is 14.7 Å². The number of hydrogen-bond donors (Lipinski definition) is 5. The van der Waals surface area contributed by atoms with Gasteiger partial charge in [-0.1, -0.05) is 0 Å². The van der Waals surface area contributed by atoms with Crippen LogP contribution < -0.4 is 16.6 Å². The van der Waals surface area contributed by atoms with Crippen LogP contribution in [0.2, 0.25) is 0 Å². The van der Waals surface area contributed by atoms with Gasteiger partial charge in [-0.15, -0.1) is 0 Å². The maximum Gasteiger partial charge on any atom is 0.407 e. The number of hydrazine groups is 1. The Morgan fingerprint density at radius 3 is 3.04 bits per heavy atom. The van der Waals surface area contributed by atoms with Gasteiger partial charge in [0.1, 0.15) is 5.65 Å². The van der Waals surface area contributed by atoms with Gasteiger partial charge in [-0.25, -0.2) is 15.6 Å². The number of carboxylic acid groups (broad SMARTS) is 1. The third kappa shape index (κ3) is 2.90. The van der Waals surface area contributed by atoms with Crippen LogP contribution >= 0.6 is 0 Å². The van der Waals surface area contributed by atoms with Gasteiger partial charge < -0.3 is 20.3 Å². The number of pyridine rings is 1. The summed E-state index contributed by atoms with van der Waals surface area (Å²) in [5.41, 5.74) is 3.69. The molecule has 0 aromatic carbocycles. The fraction of sp³-hybridized carbons (Fsp3) is 0.357. The molecule has 0 spiro atoms. The predicted molar refractivity (Wildman–Crippen MR) is 84.0 cm³/mol. The van der Waals surface area contributed by atoms with E-state index in [2.05, 4.69) is 20.7 Å². The molecule has 3 rings (SSSR count). The Morgan fingerprint density at radius 1 is 1.48 bits per heavy atom. The molecule has 2 aromatic rings. The number of hydrogen-bond acceptors (Lipinski definition) is 5. The Kier molecular flexibility index (Phi) is 4.02. The summed E-state index contributed by atoms with van der Waals surface area (Å²) >= 11 is 0. The van der Waals surface area contributed by atoms with Crippen LogP contribution in [0.15, 0.2) is 18.5 Å². The number of amides is 2. The fourth-order valence-corrected chi connectivity index (χ4v) is 2.89. The first-order chi connectivity index (χ1) is 11.1. The van der Waals surface area contributed by atoms with Crippen LogP contribution in [0.1, 0.15) is 23.2 Å². The Bertz CT molecular complexity index is 743. The minimum absolute atomic E-state index is 0.0790. The fourth-order valence-electron chi connectivity index (χ4n) is 2.89. The van der Waals surface area contributed by atoms with Gasteiger partial charge in [-0.05, 0) is 18.9 Å². The van der Waals surface area contributed by atoms with E-state index < -0.39 is 12.0 Å². The number of anilines is 1. The van der Waals surface area contributed by atoms with Crippen LogP contribution in [0.4, 0.5) is 10.5 Å². The SMILES string of the molecule is NNC(=O)c1cnc2[nH]ccc2c1NC1CCCN(C(=O)O)C1. The van der Waals surface area contributed by atoms with Gasteiger partial charge >= 0.3 is 6.09 Å². The molecule has 3 heterocycles. The van der Waals surface area contributed by atoms with Crippen LogP contribution in [-0.2, 0) is 0 Å². The van der Waals surface area contributed by atoms with E-state index in [1.807, 2.05) is 6.07 Å². The standard InChI is InChI=1S/C14H18N6O3/c15-19-13(21)10-6-17-12-9(3-4-16-12)11(10)18-8-2-1-5-20(7-8)14(22)23/h3-4,6,8H,1-2,5,7,15H2,(H,19,21)(H,22,23)(H2,16,17,18). The van der Waals surface area contributed by atoms with Crippen molar-refractivity contribution >= 4 is 28.7 Å². The molecule has 0 saturated carbocycles. The molecule has 9 heteroatoms. The molecule has 0 bridgehead atoms. The Labute approximate surface area is 131 Å². The molecule has 1 atom stereocenters. The lowest BCUT2D eigenvalue weighted by Crippen LogP contribution is -2.44. The van der Waals surface area contributed by atoms with E-state index in [-0.39, 0.29) is 6.04 Å². The van der Waals surface area contributed by atoms with Crippen molar-refractivity contribution in [3.8, 4) is 0 Å². The number of nitrogen functional groups attached to an aromatic ring is 1. The van der Waals surface area contributed by atoms with Crippen molar-refractivity contribution in [3.63, 3.8) is 0 Å². The summed E-state index contributed by atoms with van der Waals surface area (Å²) < 4.78 is 0. The molecule has 1 fully saturated rings. The monoisotopic (exact) mass is 318 g/mol. The van der Waals surface area contributed by atoms with E-state index in [1.54, 1.807) is 6.20 Å². The zero-order valence-corrected chi connectivity index (χ0v) is 12.4. The summed E-state index contributed by atoms with van der Waals surface area (Å²) in [6.45, 7) is 0.896. The predicted octanol–water partition coefficient (Wildman–Crippen LogP) is 0.721. The molecule has 6 N–H and O–H groups in total. The largest absolute Gasteiger partial charge is 0.465 e. The van der Waals surface area contributed by atoms with Crippen molar-refractivity contribution in [1.29, 1.82) is 0 Å². The number of aromatic nitrogens is 2. The molecule has 2 aromatic heterocycles. The third-order valence-electron chi connectivity index (χ3n) is 4.00. The molecule has 122 valence electrons. The minimum atomic E-state index is -0.932. The van der Waals surface area contributed by atoms with E-state index in [4.69, 9.17) is 10.9 Å². The molecular weight excluding hydrogens is 300 g/mol. The zero-order valence-electron chi connectivity index (χ0n) is 12.4. The lowest BCUT2D eigenvalue weighted by molar-refractivity contribution is 0.0953. The second-order valence-electron chi connectivity index (χ2n) is 5.47. The topological polar surface area (TPSA) is 136 Å². The summed E-state index contributed by atoms with van der Waals surface area (Å²) in [6, 6.07) is 1.74. The van der Waals surface area contributed by atoms with Gasteiger partial charge in [0.2, 0.25) is 0 Å². The molecule has 1 aliphatic rings. The summed E-state index contributed by atoms with van der Waals surface area (Å²) in [5.74, 6) is 4.79. The number of nitrogens with one attached hydrogen (secondary N) is 3. The van der Waals surface area contributed by atoms with Gasteiger partial charge in [-0.2, -0.15) is 0 Å². The molecule has 1 saturated heterocycles. The highest BCUT2D eigenvalue weighted by Gasteiger charge is 2.25. The maximum atomic E-state index is 12.0. The second-order valence-corrected chi connectivity index (χ2v) is 5.47. The summed E-state index contributed by atoms with van der Waals surface area (Å²) in [6.07, 6.45) is 3.84. The van der Waals surface area contributed by atoms with Crippen molar-refractivity contribution in [2.24, 2.45) is 5.84 Å². The normalized spacial score (nSPS) is 18.0. The molecule has 23 heavy (non-hydrogen) atoms. The van der Waals surface area contributed by atoms with Gasteiger partial charge in [0.15, 0.2) is 0 Å². The number of piperidine rings is 1. The first-order valence-corrected chi connectivity index (χ1v) is 7.31. The number of H-pyrrole nitrogens is 1. The number of nitrogens with zero attached hydrogens (tertiary/aromatic N) is 2. The number of likely N-dealkylation sites (tertiary alicyclic amines) is 1. The molecule has 2 amide bonds. The number of aromatic amines is 1. The van der Waals surface area contributed by atoms with Crippen LogP contribution in [-0.4, -0.2) is 51.1 Å².